The zero-order chi connectivity index (χ0) is 13.5. The van der Waals surface area contributed by atoms with E-state index in [9.17, 15) is 8.42 Å². The standard InChI is InChI=1S/C11H23N3O2S/c1-5-11(10-12)17(15,16)14(6-2)9-7-8-13(3)4/h11H,5-9H2,1-4H3. The molecule has 0 saturated heterocycles. The van der Waals surface area contributed by atoms with Gasteiger partial charge in [0, 0.05) is 13.1 Å². The smallest absolute Gasteiger partial charge is 0.230 e. The van der Waals surface area contributed by atoms with Gasteiger partial charge in [-0.3, -0.25) is 0 Å². The van der Waals surface area contributed by atoms with Crippen LogP contribution in [0.25, 0.3) is 0 Å². The quantitative estimate of drug-likeness (QED) is 0.651. The maximum absolute atomic E-state index is 12.1. The molecule has 0 rings (SSSR count). The van der Waals surface area contributed by atoms with Gasteiger partial charge in [-0.15, -0.1) is 0 Å². The maximum atomic E-state index is 12.1. The van der Waals surface area contributed by atoms with Crippen LogP contribution in [0.2, 0.25) is 0 Å². The van der Waals surface area contributed by atoms with Crippen molar-refractivity contribution in [1.82, 2.24) is 9.21 Å². The lowest BCUT2D eigenvalue weighted by atomic mass is 10.4. The van der Waals surface area contributed by atoms with E-state index in [1.807, 2.05) is 25.1 Å². The van der Waals surface area contributed by atoms with Gasteiger partial charge in [-0.05, 0) is 33.5 Å². The van der Waals surface area contributed by atoms with Gasteiger partial charge in [-0.1, -0.05) is 13.8 Å². The highest BCUT2D eigenvalue weighted by Crippen LogP contribution is 2.12. The molecule has 100 valence electrons. The molecule has 0 radical (unpaired) electrons. The van der Waals surface area contributed by atoms with Crippen molar-refractivity contribution in [2.45, 2.75) is 31.9 Å². The van der Waals surface area contributed by atoms with Crippen molar-refractivity contribution in [3.8, 4) is 6.07 Å². The van der Waals surface area contributed by atoms with E-state index >= 15 is 0 Å². The van der Waals surface area contributed by atoms with Gasteiger partial charge in [-0.2, -0.15) is 5.26 Å². The Morgan fingerprint density at radius 1 is 1.24 bits per heavy atom. The fourth-order valence-corrected chi connectivity index (χ4v) is 3.23. The van der Waals surface area contributed by atoms with Crippen molar-refractivity contribution in [3.05, 3.63) is 0 Å². The molecule has 1 atom stereocenters. The van der Waals surface area contributed by atoms with E-state index in [0.29, 0.717) is 19.5 Å². The Bertz CT molecular complexity index is 346. The van der Waals surface area contributed by atoms with Crippen LogP contribution in [0.5, 0.6) is 0 Å². The molecule has 0 aromatic rings. The van der Waals surface area contributed by atoms with Crippen LogP contribution >= 0.6 is 0 Å². The zero-order valence-electron chi connectivity index (χ0n) is 11.2. The Balaban J connectivity index is 4.59. The number of hydrogen-bond acceptors (Lipinski definition) is 4. The van der Waals surface area contributed by atoms with E-state index in [2.05, 4.69) is 0 Å². The van der Waals surface area contributed by atoms with Crippen LogP contribution in [0.15, 0.2) is 0 Å². The second-order valence-corrected chi connectivity index (χ2v) is 6.33. The average molecular weight is 261 g/mol. The normalized spacial score (nSPS) is 13.9. The van der Waals surface area contributed by atoms with Gasteiger partial charge in [0.15, 0.2) is 5.25 Å². The van der Waals surface area contributed by atoms with Crippen LogP contribution in [0, 0.1) is 11.3 Å². The topological polar surface area (TPSA) is 64.4 Å². The average Bonchev–Trinajstić information content (AvgIpc) is 2.25. The molecule has 1 unspecified atom stereocenters. The maximum Gasteiger partial charge on any atom is 0.230 e. The van der Waals surface area contributed by atoms with Gasteiger partial charge in [0.25, 0.3) is 0 Å². The summed E-state index contributed by atoms with van der Waals surface area (Å²) in [4.78, 5) is 2.02. The van der Waals surface area contributed by atoms with E-state index in [1.54, 1.807) is 13.8 Å². The molecular formula is C11H23N3O2S. The fourth-order valence-electron chi connectivity index (χ4n) is 1.58. The zero-order valence-corrected chi connectivity index (χ0v) is 12.0. The monoisotopic (exact) mass is 261 g/mol. The van der Waals surface area contributed by atoms with E-state index in [-0.39, 0.29) is 0 Å². The number of nitrogens with zero attached hydrogens (tertiary/aromatic N) is 3. The van der Waals surface area contributed by atoms with Crippen molar-refractivity contribution >= 4 is 10.0 Å². The first kappa shape index (κ1) is 16.4. The van der Waals surface area contributed by atoms with Crippen molar-refractivity contribution in [1.29, 1.82) is 5.26 Å². The molecule has 0 aliphatic carbocycles. The molecule has 0 heterocycles. The van der Waals surface area contributed by atoms with Crippen LogP contribution in [0.3, 0.4) is 0 Å². The summed E-state index contributed by atoms with van der Waals surface area (Å²) in [5.41, 5.74) is 0. The number of sulfonamides is 1. The summed E-state index contributed by atoms with van der Waals surface area (Å²) in [5, 5.41) is 7.94. The molecule has 0 aliphatic rings. The highest BCUT2D eigenvalue weighted by molar-refractivity contribution is 7.90. The molecule has 0 aromatic carbocycles. The molecule has 0 spiro atoms. The van der Waals surface area contributed by atoms with Crippen LogP contribution in [0.4, 0.5) is 0 Å². The molecule has 0 bridgehead atoms. The van der Waals surface area contributed by atoms with Gasteiger partial charge in [0.2, 0.25) is 10.0 Å². The second kappa shape index (κ2) is 7.64. The molecule has 6 heteroatoms. The van der Waals surface area contributed by atoms with Crippen LogP contribution < -0.4 is 0 Å². The van der Waals surface area contributed by atoms with E-state index in [4.69, 9.17) is 5.26 Å². The summed E-state index contributed by atoms with van der Waals surface area (Å²) in [6.45, 7) is 5.27. The lowest BCUT2D eigenvalue weighted by molar-refractivity contribution is 0.354. The Morgan fingerprint density at radius 3 is 2.18 bits per heavy atom. The summed E-state index contributed by atoms with van der Waals surface area (Å²) in [6.07, 6.45) is 1.12. The third kappa shape index (κ3) is 5.02. The third-order valence-electron chi connectivity index (χ3n) is 2.60. The molecule has 0 saturated carbocycles. The summed E-state index contributed by atoms with van der Waals surface area (Å²) in [6, 6.07) is 1.87. The van der Waals surface area contributed by atoms with Crippen LogP contribution in [0.1, 0.15) is 26.7 Å². The SMILES string of the molecule is CCC(C#N)S(=O)(=O)N(CC)CCCN(C)C. The number of hydrogen-bond donors (Lipinski definition) is 0. The van der Waals surface area contributed by atoms with Crippen molar-refractivity contribution < 1.29 is 8.42 Å². The minimum absolute atomic E-state index is 0.336. The minimum Gasteiger partial charge on any atom is -0.309 e. The Kier molecular flexibility index (Phi) is 7.35. The highest BCUT2D eigenvalue weighted by atomic mass is 32.2. The molecule has 5 nitrogen and oxygen atoms in total. The molecule has 0 amide bonds. The molecule has 0 aliphatic heterocycles. The summed E-state index contributed by atoms with van der Waals surface area (Å²) in [5.74, 6) is 0. The van der Waals surface area contributed by atoms with E-state index < -0.39 is 15.3 Å². The fraction of sp³-hybridized carbons (Fsp3) is 0.909. The largest absolute Gasteiger partial charge is 0.309 e. The highest BCUT2D eigenvalue weighted by Gasteiger charge is 2.29. The number of rotatable bonds is 8. The van der Waals surface area contributed by atoms with Crippen molar-refractivity contribution in [2.75, 3.05) is 33.7 Å². The van der Waals surface area contributed by atoms with Crippen LogP contribution in [-0.2, 0) is 10.0 Å². The Labute approximate surface area is 105 Å². The summed E-state index contributed by atoms with van der Waals surface area (Å²) >= 11 is 0. The summed E-state index contributed by atoms with van der Waals surface area (Å²) in [7, 11) is 0.449. The van der Waals surface area contributed by atoms with E-state index in [1.165, 1.54) is 4.31 Å². The van der Waals surface area contributed by atoms with Crippen molar-refractivity contribution in [2.24, 2.45) is 0 Å². The summed E-state index contributed by atoms with van der Waals surface area (Å²) < 4.78 is 25.6. The predicted octanol–water partition coefficient (Wildman–Crippen LogP) is 0.892. The molecule has 17 heavy (non-hydrogen) atoms. The first-order chi connectivity index (χ1) is 7.89. The predicted molar refractivity (Wildman–Crippen MR) is 69.0 cm³/mol. The minimum atomic E-state index is -3.46. The molecular weight excluding hydrogens is 238 g/mol. The first-order valence-electron chi connectivity index (χ1n) is 5.93. The first-order valence-corrected chi connectivity index (χ1v) is 7.43. The van der Waals surface area contributed by atoms with Gasteiger partial charge >= 0.3 is 0 Å². The van der Waals surface area contributed by atoms with Gasteiger partial charge in [-0.25, -0.2) is 12.7 Å². The Hall–Kier alpha value is -0.640. The lowest BCUT2D eigenvalue weighted by Crippen LogP contribution is -2.39. The second-order valence-electron chi connectivity index (χ2n) is 4.22. The Morgan fingerprint density at radius 2 is 1.82 bits per heavy atom. The van der Waals surface area contributed by atoms with Crippen LogP contribution in [-0.4, -0.2) is 56.6 Å². The molecule has 0 aromatic heterocycles. The molecule has 0 fully saturated rings. The van der Waals surface area contributed by atoms with Gasteiger partial charge in [0.1, 0.15) is 0 Å². The molecule has 0 N–H and O–H groups in total. The van der Waals surface area contributed by atoms with Gasteiger partial charge < -0.3 is 4.90 Å². The number of nitriles is 1. The third-order valence-corrected chi connectivity index (χ3v) is 4.92. The van der Waals surface area contributed by atoms with E-state index in [0.717, 1.165) is 13.0 Å². The van der Waals surface area contributed by atoms with Crippen molar-refractivity contribution in [3.63, 3.8) is 0 Å². The lowest BCUT2D eigenvalue weighted by Gasteiger charge is -2.23. The van der Waals surface area contributed by atoms with Gasteiger partial charge in [0.05, 0.1) is 6.07 Å².